The largest absolute Gasteiger partial charge is 0.317 e. The zero-order chi connectivity index (χ0) is 22.5. The van der Waals surface area contributed by atoms with Crippen LogP contribution in [-0.2, 0) is 11.2 Å². The van der Waals surface area contributed by atoms with Gasteiger partial charge in [0.2, 0.25) is 0 Å². The number of nitrogens with one attached hydrogen (secondary N) is 1. The van der Waals surface area contributed by atoms with Crippen LogP contribution in [0.15, 0.2) is 36.4 Å². The molecule has 0 aromatic heterocycles. The van der Waals surface area contributed by atoms with Crippen LogP contribution in [0.1, 0.15) is 18.4 Å². The summed E-state index contributed by atoms with van der Waals surface area (Å²) in [5.41, 5.74) is 0.498. The highest BCUT2D eigenvalue weighted by Crippen LogP contribution is 2.30. The van der Waals surface area contributed by atoms with Crippen LogP contribution in [0.25, 0.3) is 11.1 Å². The second kappa shape index (κ2) is 10.6. The molecule has 4 nitrogen and oxygen atoms in total. The molecule has 2 aromatic carbocycles. The molecule has 168 valence electrons. The molecule has 9 heteroatoms. The molecular weight excluding hydrogens is 432 g/mol. The molecule has 2 N–H and O–H groups in total. The Kier molecular flexibility index (Phi) is 8.10. The molecular formula is C22H24F4N2O2S. The molecule has 0 amide bonds. The molecule has 0 radical (unpaired) electrons. The van der Waals surface area contributed by atoms with Gasteiger partial charge in [0.05, 0.1) is 18.3 Å². The van der Waals surface area contributed by atoms with Crippen molar-refractivity contribution in [1.29, 1.82) is 0 Å². The molecule has 0 spiro atoms. The number of likely N-dealkylation sites (tertiary alicyclic amines) is 1. The Bertz CT molecular complexity index is 893. The van der Waals surface area contributed by atoms with Crippen LogP contribution in [0, 0.1) is 23.4 Å². The molecule has 3 unspecified atom stereocenters. The van der Waals surface area contributed by atoms with Gasteiger partial charge in [0.1, 0.15) is 29.9 Å². The lowest BCUT2D eigenvalue weighted by molar-refractivity contribution is -0.108. The normalized spacial score (nSPS) is 23.4. The average Bonchev–Trinajstić information content (AvgIpc) is 3.52. The minimum absolute atomic E-state index is 0.0828. The second-order valence-corrected chi connectivity index (χ2v) is 8.29. The summed E-state index contributed by atoms with van der Waals surface area (Å²) in [5, 5.41) is 0. The molecule has 31 heavy (non-hydrogen) atoms. The number of carbonyl (C=O) groups excluding carboxylic acids is 1. The number of aldehydes is 1. The van der Waals surface area contributed by atoms with E-state index in [0.29, 0.717) is 23.7 Å². The Morgan fingerprint density at radius 1 is 1.19 bits per heavy atom. The fourth-order valence-corrected chi connectivity index (χ4v) is 4.09. The van der Waals surface area contributed by atoms with Crippen LogP contribution in [0.2, 0.25) is 0 Å². The van der Waals surface area contributed by atoms with E-state index in [2.05, 4.69) is 4.72 Å². The Balaban J connectivity index is 0.000000478. The van der Waals surface area contributed by atoms with Gasteiger partial charge < -0.3 is 9.35 Å². The van der Waals surface area contributed by atoms with Crippen molar-refractivity contribution in [1.82, 2.24) is 9.62 Å². The van der Waals surface area contributed by atoms with Gasteiger partial charge in [0.25, 0.3) is 0 Å². The highest BCUT2D eigenvalue weighted by atomic mass is 32.2. The maximum Gasteiger partial charge on any atom is 0.134 e. The quantitative estimate of drug-likeness (QED) is 0.287. The van der Waals surface area contributed by atoms with Crippen LogP contribution >= 0.6 is 12.2 Å². The minimum atomic E-state index is -1.20. The number of carbonyl (C=O) groups is 1. The highest BCUT2D eigenvalue weighted by Gasteiger charge is 2.40. The number of benzene rings is 2. The topological polar surface area (TPSA) is 52.6 Å². The summed E-state index contributed by atoms with van der Waals surface area (Å²) in [6.45, 7) is 0.166. The molecule has 4 rings (SSSR count). The van der Waals surface area contributed by atoms with E-state index in [1.54, 1.807) is 24.1 Å². The minimum Gasteiger partial charge on any atom is -0.317 e. The first kappa shape index (κ1) is 23.7. The average molecular weight is 457 g/mol. The number of rotatable bonds is 6. The SMILES string of the molecule is CN1CC(F)C(NSO)C1Cc1cccc(-c2cc(F)cc(F)c2)c1F.O=CC1CC1. The Morgan fingerprint density at radius 2 is 1.87 bits per heavy atom. The summed E-state index contributed by atoms with van der Waals surface area (Å²) in [7, 11) is 1.73. The number of alkyl halides is 1. The predicted molar refractivity (Wildman–Crippen MR) is 113 cm³/mol. The van der Waals surface area contributed by atoms with Crippen molar-refractivity contribution in [2.24, 2.45) is 5.92 Å². The van der Waals surface area contributed by atoms with E-state index in [1.807, 2.05) is 0 Å². The van der Waals surface area contributed by atoms with Gasteiger partial charge >= 0.3 is 0 Å². The van der Waals surface area contributed by atoms with Crippen molar-refractivity contribution >= 4 is 18.5 Å². The molecule has 0 bridgehead atoms. The van der Waals surface area contributed by atoms with Crippen molar-refractivity contribution < 1.29 is 26.9 Å². The predicted octanol–water partition coefficient (Wildman–Crippen LogP) is 4.64. The van der Waals surface area contributed by atoms with E-state index in [4.69, 9.17) is 4.55 Å². The highest BCUT2D eigenvalue weighted by molar-refractivity contribution is 7.91. The summed E-state index contributed by atoms with van der Waals surface area (Å²) < 4.78 is 67.6. The Labute approximate surface area is 183 Å². The number of likely N-dealkylation sites (N-methyl/N-ethyl adjacent to an activating group) is 1. The van der Waals surface area contributed by atoms with Gasteiger partial charge in [-0.15, -0.1) is 0 Å². The van der Waals surface area contributed by atoms with Crippen molar-refractivity contribution in [3.63, 3.8) is 0 Å². The van der Waals surface area contributed by atoms with E-state index in [9.17, 15) is 22.4 Å². The molecule has 1 saturated carbocycles. The van der Waals surface area contributed by atoms with Crippen molar-refractivity contribution in [3.05, 3.63) is 59.4 Å². The summed E-state index contributed by atoms with van der Waals surface area (Å²) in [6, 6.07) is 6.43. The number of hydrogen-bond donors (Lipinski definition) is 2. The Hall–Kier alpha value is -1.94. The van der Waals surface area contributed by atoms with Crippen molar-refractivity contribution in [3.8, 4) is 11.1 Å². The number of halogens is 4. The summed E-state index contributed by atoms with van der Waals surface area (Å²) >= 11 is 0.333. The van der Waals surface area contributed by atoms with Crippen molar-refractivity contribution in [2.45, 2.75) is 37.5 Å². The van der Waals surface area contributed by atoms with Gasteiger partial charge in [0.15, 0.2) is 0 Å². The van der Waals surface area contributed by atoms with Gasteiger partial charge in [-0.2, -0.15) is 0 Å². The lowest BCUT2D eigenvalue weighted by Gasteiger charge is -2.25. The maximum atomic E-state index is 15.0. The van der Waals surface area contributed by atoms with Gasteiger partial charge in [-0.1, -0.05) is 18.2 Å². The van der Waals surface area contributed by atoms with Crippen LogP contribution in [-0.4, -0.2) is 47.6 Å². The fraction of sp³-hybridized carbons (Fsp3) is 0.409. The molecule has 1 saturated heterocycles. The van der Waals surface area contributed by atoms with E-state index < -0.39 is 29.7 Å². The molecule has 2 aromatic rings. The molecule has 1 aliphatic carbocycles. The standard InChI is InChI=1S/C18H18F4N2OS.C4H6O/c1-24-9-15(21)18(23-26-25)16(24)7-10-3-2-4-14(17(10)22)11-5-12(19)8-13(20)6-11;5-3-4-1-2-4/h2-6,8,15-16,18,23,25H,7,9H2,1H3;3-4H,1-2H2. The van der Waals surface area contributed by atoms with Gasteiger partial charge in [0, 0.05) is 30.1 Å². The smallest absolute Gasteiger partial charge is 0.134 e. The van der Waals surface area contributed by atoms with E-state index in [-0.39, 0.29) is 30.1 Å². The van der Waals surface area contributed by atoms with Crippen LogP contribution in [0.3, 0.4) is 0 Å². The van der Waals surface area contributed by atoms with E-state index in [1.165, 1.54) is 6.07 Å². The van der Waals surface area contributed by atoms with E-state index >= 15 is 0 Å². The molecule has 1 heterocycles. The van der Waals surface area contributed by atoms with Gasteiger partial charge in [-0.05, 0) is 49.6 Å². The summed E-state index contributed by atoms with van der Waals surface area (Å²) in [6.07, 6.45) is 2.30. The second-order valence-electron chi connectivity index (χ2n) is 7.87. The molecule has 1 aliphatic heterocycles. The molecule has 3 atom stereocenters. The summed E-state index contributed by atoms with van der Waals surface area (Å²) in [5.74, 6) is -1.71. The third kappa shape index (κ3) is 6.06. The lowest BCUT2D eigenvalue weighted by atomic mass is 9.95. The maximum absolute atomic E-state index is 15.0. The van der Waals surface area contributed by atoms with Gasteiger partial charge in [-0.25, -0.2) is 22.3 Å². The first-order valence-electron chi connectivity index (χ1n) is 9.93. The monoisotopic (exact) mass is 456 g/mol. The van der Waals surface area contributed by atoms with Crippen LogP contribution < -0.4 is 4.72 Å². The number of nitrogens with zero attached hydrogens (tertiary/aromatic N) is 1. The van der Waals surface area contributed by atoms with Crippen LogP contribution in [0.4, 0.5) is 17.6 Å². The zero-order valence-corrected chi connectivity index (χ0v) is 17.7. The van der Waals surface area contributed by atoms with Crippen molar-refractivity contribution in [2.75, 3.05) is 13.6 Å². The zero-order valence-electron chi connectivity index (χ0n) is 16.9. The number of hydrogen-bond acceptors (Lipinski definition) is 5. The third-order valence-corrected chi connectivity index (χ3v) is 5.89. The first-order chi connectivity index (χ1) is 14.8. The molecule has 2 fully saturated rings. The molecule has 2 aliphatic rings. The first-order valence-corrected chi connectivity index (χ1v) is 10.7. The third-order valence-electron chi connectivity index (χ3n) is 5.52. The lowest BCUT2D eigenvalue weighted by Crippen LogP contribution is -2.42. The van der Waals surface area contributed by atoms with E-state index in [0.717, 1.165) is 37.3 Å². The summed E-state index contributed by atoms with van der Waals surface area (Å²) in [4.78, 5) is 11.3. The fourth-order valence-electron chi connectivity index (χ4n) is 3.66. The van der Waals surface area contributed by atoms with Gasteiger partial charge in [-0.3, -0.25) is 4.90 Å². The van der Waals surface area contributed by atoms with Crippen LogP contribution in [0.5, 0.6) is 0 Å². The Morgan fingerprint density at radius 3 is 2.42 bits per heavy atom.